The average Bonchev–Trinajstić information content (AvgIpc) is 2.88. The second-order valence-electron chi connectivity index (χ2n) is 8.25. The van der Waals surface area contributed by atoms with Crippen LogP contribution < -0.4 is 0 Å². The molecule has 2 amide bonds. The smallest absolute Gasteiger partial charge is 0.338 e. The molecule has 0 radical (unpaired) electrons. The zero-order valence-electron chi connectivity index (χ0n) is 19.3. The number of hydrogen-bond acceptors (Lipinski definition) is 4. The van der Waals surface area contributed by atoms with Gasteiger partial charge in [0.1, 0.15) is 13.2 Å². The average molecular weight is 471 g/mol. The lowest BCUT2D eigenvalue weighted by Gasteiger charge is -2.42. The number of esters is 1. The Morgan fingerprint density at radius 1 is 0.857 bits per heavy atom. The van der Waals surface area contributed by atoms with E-state index in [0.717, 1.165) is 11.1 Å². The highest BCUT2D eigenvalue weighted by Crippen LogP contribution is 2.38. The highest BCUT2D eigenvalue weighted by Gasteiger charge is 2.43. The number of ether oxygens (including phenoxy) is 1. The van der Waals surface area contributed by atoms with Crippen LogP contribution in [-0.2, 0) is 27.5 Å². The Morgan fingerprint density at radius 2 is 1.40 bits per heavy atom. The van der Waals surface area contributed by atoms with Crippen molar-refractivity contribution in [3.8, 4) is 0 Å². The molecule has 0 spiro atoms. The summed E-state index contributed by atoms with van der Waals surface area (Å²) in [5, 5.41) is 9.62. The second kappa shape index (κ2) is 10.7. The molecule has 0 saturated heterocycles. The Kier molecular flexibility index (Phi) is 7.26. The maximum absolute atomic E-state index is 13.6. The lowest BCUT2D eigenvalue weighted by molar-refractivity contribution is -0.143. The predicted molar refractivity (Wildman–Crippen MR) is 130 cm³/mol. The van der Waals surface area contributed by atoms with E-state index in [1.165, 1.54) is 9.80 Å². The van der Waals surface area contributed by atoms with E-state index in [4.69, 9.17) is 4.74 Å². The quantitative estimate of drug-likeness (QED) is 0.480. The molecule has 1 atom stereocenters. The van der Waals surface area contributed by atoms with Gasteiger partial charge in [0.05, 0.1) is 18.2 Å². The minimum Gasteiger partial charge on any atom is -0.480 e. The maximum Gasteiger partial charge on any atom is 0.338 e. The van der Waals surface area contributed by atoms with Gasteiger partial charge in [0.25, 0.3) is 0 Å². The van der Waals surface area contributed by atoms with Gasteiger partial charge in [-0.25, -0.2) is 9.59 Å². The molecule has 0 saturated carbocycles. The Hall–Kier alpha value is -4.39. The van der Waals surface area contributed by atoms with Crippen molar-refractivity contribution in [2.45, 2.75) is 26.1 Å². The zero-order chi connectivity index (χ0) is 24.8. The monoisotopic (exact) mass is 470 g/mol. The number of carboxylic acid groups (broad SMARTS) is 1. The summed E-state index contributed by atoms with van der Waals surface area (Å²) < 4.78 is 5.67. The van der Waals surface area contributed by atoms with Crippen LogP contribution in [0, 0.1) is 0 Å². The van der Waals surface area contributed by atoms with Gasteiger partial charge in [-0.05, 0) is 23.6 Å². The number of hydrogen-bond donors (Lipinski definition) is 1. The van der Waals surface area contributed by atoms with Gasteiger partial charge in [0.15, 0.2) is 0 Å². The lowest BCUT2D eigenvalue weighted by Crippen LogP contribution is -2.52. The van der Waals surface area contributed by atoms with Crippen LogP contribution in [0.4, 0.5) is 4.79 Å². The van der Waals surface area contributed by atoms with Crippen molar-refractivity contribution < 1.29 is 24.2 Å². The first-order valence-corrected chi connectivity index (χ1v) is 11.3. The fourth-order valence-corrected chi connectivity index (χ4v) is 4.21. The van der Waals surface area contributed by atoms with Crippen molar-refractivity contribution >= 4 is 18.0 Å². The van der Waals surface area contributed by atoms with Gasteiger partial charge in [-0.2, -0.15) is 0 Å². The molecule has 0 fully saturated rings. The standard InChI is InChI=1S/C28H26N2O5/c1-20-25(27(33)35-19-22-13-7-3-8-14-22)26(23-15-9-4-10-16-23)30(18-24(31)32)28(34)29(20)17-21-11-5-2-6-12-21/h2-16,26H,17-19H2,1H3,(H,31,32). The van der Waals surface area contributed by atoms with Crippen molar-refractivity contribution in [1.29, 1.82) is 0 Å². The summed E-state index contributed by atoms with van der Waals surface area (Å²) in [5.41, 5.74) is 2.99. The van der Waals surface area contributed by atoms with Gasteiger partial charge in [-0.1, -0.05) is 91.0 Å². The second-order valence-corrected chi connectivity index (χ2v) is 8.25. The van der Waals surface area contributed by atoms with Crippen molar-refractivity contribution in [1.82, 2.24) is 9.80 Å². The van der Waals surface area contributed by atoms with Crippen LogP contribution in [-0.4, -0.2) is 39.4 Å². The summed E-state index contributed by atoms with van der Waals surface area (Å²) >= 11 is 0. The van der Waals surface area contributed by atoms with E-state index in [-0.39, 0.29) is 18.7 Å². The first kappa shape index (κ1) is 23.8. The summed E-state index contributed by atoms with van der Waals surface area (Å²) in [6.45, 7) is 1.39. The summed E-state index contributed by atoms with van der Waals surface area (Å²) in [4.78, 5) is 41.6. The summed E-state index contributed by atoms with van der Waals surface area (Å²) in [7, 11) is 0. The Balaban J connectivity index is 1.78. The molecule has 1 unspecified atom stereocenters. The molecule has 0 aliphatic carbocycles. The Bertz CT molecular complexity index is 1230. The van der Waals surface area contributed by atoms with Gasteiger partial charge in [-0.3, -0.25) is 9.69 Å². The number of carboxylic acids is 1. The van der Waals surface area contributed by atoms with Crippen LogP contribution >= 0.6 is 0 Å². The van der Waals surface area contributed by atoms with Gasteiger partial charge < -0.3 is 14.7 Å². The highest BCUT2D eigenvalue weighted by molar-refractivity contribution is 5.95. The van der Waals surface area contributed by atoms with E-state index >= 15 is 0 Å². The topological polar surface area (TPSA) is 87.1 Å². The highest BCUT2D eigenvalue weighted by atomic mass is 16.5. The molecule has 35 heavy (non-hydrogen) atoms. The number of carbonyl (C=O) groups excluding carboxylic acids is 2. The third kappa shape index (κ3) is 5.41. The van der Waals surface area contributed by atoms with E-state index in [0.29, 0.717) is 11.3 Å². The first-order chi connectivity index (χ1) is 17.0. The lowest BCUT2D eigenvalue weighted by atomic mass is 9.92. The molecule has 1 aliphatic rings. The van der Waals surface area contributed by atoms with E-state index in [1.54, 1.807) is 31.2 Å². The zero-order valence-corrected chi connectivity index (χ0v) is 19.3. The summed E-state index contributed by atoms with van der Waals surface area (Å²) in [6.07, 6.45) is 0. The maximum atomic E-state index is 13.6. The molecule has 1 N–H and O–H groups in total. The fraction of sp³-hybridized carbons (Fsp3) is 0.179. The third-order valence-electron chi connectivity index (χ3n) is 5.89. The number of amides is 2. The van der Waals surface area contributed by atoms with Crippen molar-refractivity contribution in [2.75, 3.05) is 6.54 Å². The normalized spacial score (nSPS) is 15.8. The molecule has 0 bridgehead atoms. The summed E-state index contributed by atoms with van der Waals surface area (Å²) in [6, 6.07) is 26.2. The molecule has 7 heteroatoms. The van der Waals surface area contributed by atoms with Gasteiger partial charge in [0.2, 0.25) is 0 Å². The van der Waals surface area contributed by atoms with Crippen LogP contribution in [0.15, 0.2) is 102 Å². The number of carbonyl (C=O) groups is 3. The SMILES string of the molecule is CC1=C(C(=O)OCc2ccccc2)C(c2ccccc2)N(CC(=O)O)C(=O)N1Cc1ccccc1. The van der Waals surface area contributed by atoms with Gasteiger partial charge in [-0.15, -0.1) is 0 Å². The Labute approximate surface area is 203 Å². The fourth-order valence-electron chi connectivity index (χ4n) is 4.21. The van der Waals surface area contributed by atoms with E-state index in [1.807, 2.05) is 66.7 Å². The van der Waals surface area contributed by atoms with Gasteiger partial charge in [0, 0.05) is 5.70 Å². The minimum absolute atomic E-state index is 0.0591. The minimum atomic E-state index is -1.17. The molecular formula is C28H26N2O5. The van der Waals surface area contributed by atoms with Crippen LogP contribution in [0.5, 0.6) is 0 Å². The number of benzene rings is 3. The van der Waals surface area contributed by atoms with Gasteiger partial charge >= 0.3 is 18.0 Å². The number of urea groups is 1. The summed E-state index contributed by atoms with van der Waals surface area (Å²) in [5.74, 6) is -1.77. The van der Waals surface area contributed by atoms with E-state index < -0.39 is 30.6 Å². The molecular weight excluding hydrogens is 444 g/mol. The number of aliphatic carboxylic acids is 1. The number of nitrogens with zero attached hydrogens (tertiary/aromatic N) is 2. The van der Waals surface area contributed by atoms with Crippen molar-refractivity contribution in [3.63, 3.8) is 0 Å². The first-order valence-electron chi connectivity index (χ1n) is 11.3. The molecule has 1 heterocycles. The molecule has 1 aliphatic heterocycles. The molecule has 4 rings (SSSR count). The van der Waals surface area contributed by atoms with Crippen LogP contribution in [0.25, 0.3) is 0 Å². The predicted octanol–water partition coefficient (Wildman–Crippen LogP) is 4.77. The molecule has 3 aromatic rings. The third-order valence-corrected chi connectivity index (χ3v) is 5.89. The van der Waals surface area contributed by atoms with Crippen LogP contribution in [0.2, 0.25) is 0 Å². The van der Waals surface area contributed by atoms with E-state index in [2.05, 4.69) is 0 Å². The molecule has 3 aromatic carbocycles. The van der Waals surface area contributed by atoms with Crippen LogP contribution in [0.1, 0.15) is 29.7 Å². The molecule has 0 aromatic heterocycles. The molecule has 7 nitrogen and oxygen atoms in total. The number of rotatable bonds is 8. The Morgan fingerprint density at radius 3 is 1.97 bits per heavy atom. The molecule has 178 valence electrons. The van der Waals surface area contributed by atoms with Crippen molar-refractivity contribution in [3.05, 3.63) is 119 Å². The van der Waals surface area contributed by atoms with Crippen LogP contribution in [0.3, 0.4) is 0 Å². The largest absolute Gasteiger partial charge is 0.480 e. The van der Waals surface area contributed by atoms with Crippen molar-refractivity contribution in [2.24, 2.45) is 0 Å². The number of allylic oxidation sites excluding steroid dienone is 1. The van der Waals surface area contributed by atoms with E-state index in [9.17, 15) is 19.5 Å².